The predicted octanol–water partition coefficient (Wildman–Crippen LogP) is 4.77. The molecule has 0 saturated carbocycles. The number of hydrogen-bond acceptors (Lipinski definition) is 3. The van der Waals surface area contributed by atoms with Crippen LogP contribution >= 0.6 is 27.3 Å². The molecule has 5 heteroatoms. The summed E-state index contributed by atoms with van der Waals surface area (Å²) in [6.45, 7) is 0. The summed E-state index contributed by atoms with van der Waals surface area (Å²) in [5, 5.41) is 2.85. The van der Waals surface area contributed by atoms with E-state index in [1.165, 1.54) is 12.3 Å². The van der Waals surface area contributed by atoms with Crippen LogP contribution in [0.15, 0.2) is 52.4 Å². The summed E-state index contributed by atoms with van der Waals surface area (Å²) >= 11 is 4.99. The highest BCUT2D eigenvalue weighted by Crippen LogP contribution is 2.29. The summed E-state index contributed by atoms with van der Waals surface area (Å²) in [5.41, 5.74) is 2.49. The van der Waals surface area contributed by atoms with Crippen LogP contribution < -0.4 is 0 Å². The molecule has 3 aromatic rings. The van der Waals surface area contributed by atoms with Crippen LogP contribution in [0.2, 0.25) is 0 Å². The lowest BCUT2D eigenvalue weighted by atomic mass is 10.2. The molecule has 0 spiro atoms. The number of halogens is 2. The summed E-state index contributed by atoms with van der Waals surface area (Å²) in [5.74, 6) is -0.341. The number of aromatic nitrogens is 2. The molecule has 0 aliphatic rings. The van der Waals surface area contributed by atoms with Crippen molar-refractivity contribution in [2.24, 2.45) is 0 Å². The molecule has 2 heterocycles. The average molecular weight is 335 g/mol. The van der Waals surface area contributed by atoms with Gasteiger partial charge in [0, 0.05) is 15.4 Å². The van der Waals surface area contributed by atoms with Gasteiger partial charge in [0.1, 0.15) is 16.5 Å². The van der Waals surface area contributed by atoms with Gasteiger partial charge in [0.15, 0.2) is 0 Å². The van der Waals surface area contributed by atoms with Crippen LogP contribution in [0.1, 0.15) is 0 Å². The van der Waals surface area contributed by atoms with Crippen molar-refractivity contribution in [2.75, 3.05) is 0 Å². The maximum absolute atomic E-state index is 12.8. The molecule has 0 N–H and O–H groups in total. The number of pyridine rings is 1. The van der Waals surface area contributed by atoms with Crippen molar-refractivity contribution in [3.8, 4) is 22.0 Å². The topological polar surface area (TPSA) is 25.8 Å². The van der Waals surface area contributed by atoms with Gasteiger partial charge in [-0.2, -0.15) is 0 Å². The van der Waals surface area contributed by atoms with Crippen LogP contribution in [0.3, 0.4) is 0 Å². The number of nitrogens with zero attached hydrogens (tertiary/aromatic N) is 2. The van der Waals surface area contributed by atoms with Gasteiger partial charge in [-0.15, -0.1) is 11.3 Å². The number of hydrogen-bond donors (Lipinski definition) is 0. The van der Waals surface area contributed by atoms with Crippen LogP contribution in [0.4, 0.5) is 4.39 Å². The predicted molar refractivity (Wildman–Crippen MR) is 78.4 cm³/mol. The van der Waals surface area contributed by atoms with Crippen molar-refractivity contribution in [3.63, 3.8) is 0 Å². The van der Waals surface area contributed by atoms with Crippen LogP contribution in [0, 0.1) is 5.82 Å². The molecule has 0 amide bonds. The van der Waals surface area contributed by atoms with Crippen molar-refractivity contribution in [2.45, 2.75) is 0 Å². The Kier molecular flexibility index (Phi) is 3.40. The first-order valence-electron chi connectivity index (χ1n) is 5.56. The van der Waals surface area contributed by atoms with Crippen LogP contribution in [0.5, 0.6) is 0 Å². The molecule has 1 aromatic carbocycles. The smallest absolute Gasteiger partial charge is 0.141 e. The fraction of sp³-hybridized carbons (Fsp3) is 0. The van der Waals surface area contributed by atoms with E-state index in [2.05, 4.69) is 25.9 Å². The van der Waals surface area contributed by atoms with Crippen molar-refractivity contribution >= 4 is 27.3 Å². The zero-order valence-corrected chi connectivity index (χ0v) is 12.1. The molecule has 2 nitrogen and oxygen atoms in total. The third-order valence-corrected chi connectivity index (χ3v) is 3.95. The third-order valence-electron chi connectivity index (χ3n) is 2.57. The highest BCUT2D eigenvalue weighted by Gasteiger charge is 2.08. The second-order valence-corrected chi connectivity index (χ2v) is 5.68. The number of rotatable bonds is 2. The normalized spacial score (nSPS) is 10.6. The van der Waals surface area contributed by atoms with E-state index in [4.69, 9.17) is 0 Å². The monoisotopic (exact) mass is 334 g/mol. The Labute approximate surface area is 122 Å². The van der Waals surface area contributed by atoms with Gasteiger partial charge < -0.3 is 0 Å². The lowest BCUT2D eigenvalue weighted by Gasteiger charge is -1.97. The molecule has 0 atom stereocenters. The molecule has 2 aromatic heterocycles. The standard InChI is InChI=1S/C14H8BrFN2S/c15-10-3-1-2-9(6-10)14-18-13(8-19-14)12-5-4-11(16)7-17-12/h1-8H. The Morgan fingerprint density at radius 2 is 2.00 bits per heavy atom. The van der Waals surface area contributed by atoms with Gasteiger partial charge in [-0.05, 0) is 24.3 Å². The van der Waals surface area contributed by atoms with E-state index in [0.717, 1.165) is 20.7 Å². The van der Waals surface area contributed by atoms with Gasteiger partial charge in [0.25, 0.3) is 0 Å². The van der Waals surface area contributed by atoms with Crippen molar-refractivity contribution in [3.05, 3.63) is 58.3 Å². The first-order chi connectivity index (χ1) is 9.22. The largest absolute Gasteiger partial charge is 0.252 e. The Hall–Kier alpha value is -1.59. The van der Waals surface area contributed by atoms with Crippen molar-refractivity contribution in [1.82, 2.24) is 9.97 Å². The molecule has 3 rings (SSSR count). The summed E-state index contributed by atoms with van der Waals surface area (Å²) < 4.78 is 13.8. The second-order valence-electron chi connectivity index (χ2n) is 3.91. The SMILES string of the molecule is Fc1ccc(-c2csc(-c3cccc(Br)c3)n2)nc1. The summed E-state index contributed by atoms with van der Waals surface area (Å²) in [6, 6.07) is 11.0. The lowest BCUT2D eigenvalue weighted by Crippen LogP contribution is -1.85. The lowest BCUT2D eigenvalue weighted by molar-refractivity contribution is 0.622. The minimum atomic E-state index is -0.341. The minimum Gasteiger partial charge on any atom is -0.252 e. The Morgan fingerprint density at radius 3 is 2.74 bits per heavy atom. The van der Waals surface area contributed by atoms with Crippen LogP contribution in [-0.4, -0.2) is 9.97 Å². The first-order valence-corrected chi connectivity index (χ1v) is 7.23. The van der Waals surface area contributed by atoms with Crippen molar-refractivity contribution < 1.29 is 4.39 Å². The summed E-state index contributed by atoms with van der Waals surface area (Å²) in [6.07, 6.45) is 1.20. The van der Waals surface area contributed by atoms with E-state index in [1.807, 2.05) is 29.6 Å². The van der Waals surface area contributed by atoms with Crippen molar-refractivity contribution in [1.29, 1.82) is 0 Å². The molecule has 0 radical (unpaired) electrons. The number of benzene rings is 1. The molecule has 94 valence electrons. The minimum absolute atomic E-state index is 0.341. The maximum atomic E-state index is 12.8. The molecule has 0 aliphatic carbocycles. The molecule has 19 heavy (non-hydrogen) atoms. The molecule has 0 fully saturated rings. The average Bonchev–Trinajstić information content (AvgIpc) is 2.89. The Bertz CT molecular complexity index is 709. The van der Waals surface area contributed by atoms with E-state index in [9.17, 15) is 4.39 Å². The fourth-order valence-corrected chi connectivity index (χ4v) is 2.88. The van der Waals surface area contributed by atoms with Gasteiger partial charge in [0.05, 0.1) is 11.9 Å². The van der Waals surface area contributed by atoms with Gasteiger partial charge in [-0.3, -0.25) is 4.98 Å². The van der Waals surface area contributed by atoms with Crippen LogP contribution in [0.25, 0.3) is 22.0 Å². The third kappa shape index (κ3) is 2.72. The summed E-state index contributed by atoms with van der Waals surface area (Å²) in [7, 11) is 0. The van der Waals surface area contributed by atoms with E-state index in [1.54, 1.807) is 17.4 Å². The van der Waals surface area contributed by atoms with Gasteiger partial charge >= 0.3 is 0 Å². The highest BCUT2D eigenvalue weighted by atomic mass is 79.9. The number of thiazole rings is 1. The maximum Gasteiger partial charge on any atom is 0.141 e. The molecule has 0 saturated heterocycles. The zero-order chi connectivity index (χ0) is 13.2. The fourth-order valence-electron chi connectivity index (χ4n) is 1.67. The van der Waals surface area contributed by atoms with E-state index < -0.39 is 0 Å². The Morgan fingerprint density at radius 1 is 1.11 bits per heavy atom. The first kappa shape index (κ1) is 12.4. The van der Waals surface area contributed by atoms with Gasteiger partial charge in [0.2, 0.25) is 0 Å². The Balaban J connectivity index is 1.97. The second kappa shape index (κ2) is 5.19. The van der Waals surface area contributed by atoms with Gasteiger partial charge in [-0.25, -0.2) is 9.37 Å². The quantitative estimate of drug-likeness (QED) is 0.674. The van der Waals surface area contributed by atoms with Gasteiger partial charge in [-0.1, -0.05) is 28.1 Å². The van der Waals surface area contributed by atoms with E-state index in [-0.39, 0.29) is 5.82 Å². The molecule has 0 unspecified atom stereocenters. The molecule has 0 aliphatic heterocycles. The van der Waals surface area contributed by atoms with E-state index in [0.29, 0.717) is 5.69 Å². The zero-order valence-electron chi connectivity index (χ0n) is 9.68. The molecule has 0 bridgehead atoms. The highest BCUT2D eigenvalue weighted by molar-refractivity contribution is 9.10. The van der Waals surface area contributed by atoms with E-state index >= 15 is 0 Å². The van der Waals surface area contributed by atoms with Crippen LogP contribution in [-0.2, 0) is 0 Å². The summed E-state index contributed by atoms with van der Waals surface area (Å²) in [4.78, 5) is 8.57. The molecular formula is C14H8BrFN2S. The molecular weight excluding hydrogens is 327 g/mol.